The van der Waals surface area contributed by atoms with E-state index in [-0.39, 0.29) is 5.91 Å². The third kappa shape index (κ3) is 2.35. The lowest BCUT2D eigenvalue weighted by Crippen LogP contribution is -2.33. The SMILES string of the molecule is CCc1onc(C)c1C(=O)N1CC[C@@H]2CNC[C@@H]2CC1. The van der Waals surface area contributed by atoms with Crippen LogP contribution in [0, 0.1) is 18.8 Å². The van der Waals surface area contributed by atoms with Crippen LogP contribution in [-0.2, 0) is 6.42 Å². The topological polar surface area (TPSA) is 58.4 Å². The van der Waals surface area contributed by atoms with Crippen LogP contribution in [0.3, 0.4) is 0 Å². The first-order valence-electron chi connectivity index (χ1n) is 7.65. The van der Waals surface area contributed by atoms with Crippen LogP contribution in [0.2, 0.25) is 0 Å². The van der Waals surface area contributed by atoms with Gasteiger partial charge in [0.25, 0.3) is 5.91 Å². The molecule has 20 heavy (non-hydrogen) atoms. The highest BCUT2D eigenvalue weighted by Gasteiger charge is 2.33. The number of hydrogen-bond donors (Lipinski definition) is 1. The van der Waals surface area contributed by atoms with Gasteiger partial charge in [-0.2, -0.15) is 0 Å². The molecule has 1 N–H and O–H groups in total. The number of fused-ring (bicyclic) bond motifs is 1. The van der Waals surface area contributed by atoms with E-state index in [2.05, 4.69) is 10.5 Å². The number of likely N-dealkylation sites (tertiary alicyclic amines) is 1. The van der Waals surface area contributed by atoms with Crippen LogP contribution in [0.1, 0.15) is 41.6 Å². The van der Waals surface area contributed by atoms with Crippen molar-refractivity contribution in [1.82, 2.24) is 15.4 Å². The van der Waals surface area contributed by atoms with Crippen LogP contribution in [0.25, 0.3) is 0 Å². The predicted octanol–water partition coefficient (Wildman–Crippen LogP) is 1.62. The second kappa shape index (κ2) is 5.56. The fourth-order valence-electron chi connectivity index (χ4n) is 3.51. The number of amides is 1. The second-order valence-electron chi connectivity index (χ2n) is 5.97. The monoisotopic (exact) mass is 277 g/mol. The summed E-state index contributed by atoms with van der Waals surface area (Å²) in [7, 11) is 0. The van der Waals surface area contributed by atoms with Crippen LogP contribution in [0.15, 0.2) is 4.52 Å². The van der Waals surface area contributed by atoms with Crippen LogP contribution in [0.4, 0.5) is 0 Å². The average molecular weight is 277 g/mol. The zero-order chi connectivity index (χ0) is 14.1. The molecule has 5 heteroatoms. The summed E-state index contributed by atoms with van der Waals surface area (Å²) in [5, 5.41) is 7.41. The van der Waals surface area contributed by atoms with Gasteiger partial charge in [-0.15, -0.1) is 0 Å². The molecule has 3 rings (SSSR count). The lowest BCUT2D eigenvalue weighted by Gasteiger charge is -2.20. The summed E-state index contributed by atoms with van der Waals surface area (Å²) in [5.41, 5.74) is 1.41. The number of rotatable bonds is 2. The maximum atomic E-state index is 12.7. The van der Waals surface area contributed by atoms with Gasteiger partial charge in [0.05, 0.1) is 5.69 Å². The first kappa shape index (κ1) is 13.6. The van der Waals surface area contributed by atoms with E-state index >= 15 is 0 Å². The summed E-state index contributed by atoms with van der Waals surface area (Å²) in [6, 6.07) is 0. The molecule has 0 radical (unpaired) electrons. The van der Waals surface area contributed by atoms with Crippen LogP contribution in [-0.4, -0.2) is 42.1 Å². The third-order valence-electron chi connectivity index (χ3n) is 4.77. The number of aromatic nitrogens is 1. The van der Waals surface area contributed by atoms with Crippen LogP contribution < -0.4 is 5.32 Å². The molecule has 5 nitrogen and oxygen atoms in total. The molecular formula is C15H23N3O2. The quantitative estimate of drug-likeness (QED) is 0.892. The molecule has 2 saturated heterocycles. The zero-order valence-corrected chi connectivity index (χ0v) is 12.3. The third-order valence-corrected chi connectivity index (χ3v) is 4.77. The Balaban J connectivity index is 1.75. The average Bonchev–Trinajstić information content (AvgIpc) is 3.00. The van der Waals surface area contributed by atoms with Crippen molar-refractivity contribution in [2.75, 3.05) is 26.2 Å². The Bertz CT molecular complexity index is 483. The molecule has 2 atom stereocenters. The number of nitrogens with zero attached hydrogens (tertiary/aromatic N) is 2. The van der Waals surface area contributed by atoms with Gasteiger partial charge < -0.3 is 14.7 Å². The first-order chi connectivity index (χ1) is 9.70. The smallest absolute Gasteiger partial charge is 0.259 e. The molecule has 0 unspecified atom stereocenters. The Morgan fingerprint density at radius 1 is 1.35 bits per heavy atom. The summed E-state index contributed by atoms with van der Waals surface area (Å²) in [5.74, 6) is 2.30. The van der Waals surface area contributed by atoms with Gasteiger partial charge in [-0.3, -0.25) is 4.79 Å². The van der Waals surface area contributed by atoms with Gasteiger partial charge in [0, 0.05) is 19.5 Å². The van der Waals surface area contributed by atoms with Crippen molar-refractivity contribution in [1.29, 1.82) is 0 Å². The van der Waals surface area contributed by atoms with E-state index in [0.29, 0.717) is 12.0 Å². The number of hydrogen-bond acceptors (Lipinski definition) is 4. The van der Waals surface area contributed by atoms with Crippen molar-refractivity contribution in [3.8, 4) is 0 Å². The fraction of sp³-hybridized carbons (Fsp3) is 0.733. The molecule has 0 saturated carbocycles. The van der Waals surface area contributed by atoms with Crippen LogP contribution >= 0.6 is 0 Å². The molecule has 3 heterocycles. The Labute approximate surface area is 119 Å². The van der Waals surface area contributed by atoms with E-state index in [9.17, 15) is 4.79 Å². The number of aryl methyl sites for hydroxylation is 2. The van der Waals surface area contributed by atoms with E-state index < -0.39 is 0 Å². The Kier molecular flexibility index (Phi) is 3.78. The summed E-state index contributed by atoms with van der Waals surface area (Å²) < 4.78 is 5.25. The second-order valence-corrected chi connectivity index (χ2v) is 5.97. The molecule has 2 aliphatic heterocycles. The molecular weight excluding hydrogens is 254 g/mol. The summed E-state index contributed by atoms with van der Waals surface area (Å²) in [6.07, 6.45) is 2.93. The van der Waals surface area contributed by atoms with Gasteiger partial charge in [-0.25, -0.2) is 0 Å². The van der Waals surface area contributed by atoms with Crippen molar-refractivity contribution in [3.05, 3.63) is 17.0 Å². The number of carbonyl (C=O) groups excluding carboxylic acids is 1. The molecule has 0 aliphatic carbocycles. The Hall–Kier alpha value is -1.36. The highest BCUT2D eigenvalue weighted by Crippen LogP contribution is 2.28. The highest BCUT2D eigenvalue weighted by molar-refractivity contribution is 5.96. The Morgan fingerprint density at radius 3 is 2.60 bits per heavy atom. The minimum Gasteiger partial charge on any atom is -0.360 e. The molecule has 0 aromatic carbocycles. The maximum absolute atomic E-state index is 12.7. The van der Waals surface area contributed by atoms with Gasteiger partial charge in [-0.05, 0) is 44.7 Å². The standard InChI is InChI=1S/C15H23N3O2/c1-3-13-14(10(2)17-20-13)15(19)18-6-4-11-8-16-9-12(11)5-7-18/h11-12,16H,3-9H2,1-2H3/t11-,12+. The minimum atomic E-state index is 0.105. The van der Waals surface area contributed by atoms with E-state index in [1.807, 2.05) is 18.7 Å². The van der Waals surface area contributed by atoms with E-state index in [1.54, 1.807) is 0 Å². The molecule has 1 amide bonds. The molecule has 1 aromatic rings. The van der Waals surface area contributed by atoms with E-state index in [0.717, 1.165) is 62.3 Å². The Morgan fingerprint density at radius 2 is 2.00 bits per heavy atom. The molecule has 0 bridgehead atoms. The summed E-state index contributed by atoms with van der Waals surface area (Å²) >= 11 is 0. The predicted molar refractivity (Wildman–Crippen MR) is 75.6 cm³/mol. The van der Waals surface area contributed by atoms with Crippen molar-refractivity contribution >= 4 is 5.91 Å². The van der Waals surface area contributed by atoms with Crippen molar-refractivity contribution < 1.29 is 9.32 Å². The van der Waals surface area contributed by atoms with E-state index in [4.69, 9.17) is 4.52 Å². The molecule has 2 fully saturated rings. The van der Waals surface area contributed by atoms with Gasteiger partial charge in [0.1, 0.15) is 11.3 Å². The lowest BCUT2D eigenvalue weighted by molar-refractivity contribution is 0.0755. The molecule has 2 aliphatic rings. The summed E-state index contributed by atoms with van der Waals surface area (Å²) in [4.78, 5) is 14.7. The van der Waals surface area contributed by atoms with Gasteiger partial charge in [0.15, 0.2) is 0 Å². The zero-order valence-electron chi connectivity index (χ0n) is 12.3. The minimum absolute atomic E-state index is 0.105. The fourth-order valence-corrected chi connectivity index (χ4v) is 3.51. The lowest BCUT2D eigenvalue weighted by atomic mass is 9.92. The number of nitrogens with one attached hydrogen (secondary N) is 1. The molecule has 0 spiro atoms. The normalized spacial score (nSPS) is 26.4. The first-order valence-corrected chi connectivity index (χ1v) is 7.65. The van der Waals surface area contributed by atoms with E-state index in [1.165, 1.54) is 0 Å². The van der Waals surface area contributed by atoms with Crippen LogP contribution in [0.5, 0.6) is 0 Å². The van der Waals surface area contributed by atoms with Gasteiger partial charge in [0.2, 0.25) is 0 Å². The maximum Gasteiger partial charge on any atom is 0.259 e. The molecule has 1 aromatic heterocycles. The highest BCUT2D eigenvalue weighted by atomic mass is 16.5. The van der Waals surface area contributed by atoms with Gasteiger partial charge in [-0.1, -0.05) is 12.1 Å². The van der Waals surface area contributed by atoms with Crippen molar-refractivity contribution in [2.24, 2.45) is 11.8 Å². The molecule has 110 valence electrons. The van der Waals surface area contributed by atoms with Crippen molar-refractivity contribution in [3.63, 3.8) is 0 Å². The van der Waals surface area contributed by atoms with Gasteiger partial charge >= 0.3 is 0 Å². The van der Waals surface area contributed by atoms with Crippen molar-refractivity contribution in [2.45, 2.75) is 33.1 Å². The number of carbonyl (C=O) groups is 1. The largest absolute Gasteiger partial charge is 0.360 e. The summed E-state index contributed by atoms with van der Waals surface area (Å²) in [6.45, 7) is 7.78.